The minimum Gasteiger partial charge on any atom is -0.369 e. The van der Waals surface area contributed by atoms with Crippen molar-refractivity contribution in [3.8, 4) is 0 Å². The normalized spacial score (nSPS) is 12.1. The van der Waals surface area contributed by atoms with Gasteiger partial charge < -0.3 is 11.1 Å². The molecule has 4 rings (SSSR count). The number of nitrogens with two attached hydrogens (primary N) is 1. The molecule has 8 heteroatoms. The van der Waals surface area contributed by atoms with Gasteiger partial charge in [-0.1, -0.05) is 72.8 Å². The van der Waals surface area contributed by atoms with E-state index in [1.54, 1.807) is 60.7 Å². The Hall–Kier alpha value is -4.30. The molecule has 1 unspecified atom stereocenters. The standard InChI is InChI=1S/C27H22N2O5S/c28-26(31)24(35(33,34)23-15-12-19-6-4-5-9-21(19)17-23)16-18-10-13-22(14-11-18)29-27(32)25(30)20-7-2-1-3-8-20/h1-15,17,24H,16H2,(H2,28,31)(H,29,32). The lowest BCUT2D eigenvalue weighted by Crippen LogP contribution is -2.37. The van der Waals surface area contributed by atoms with Crippen molar-refractivity contribution in [3.63, 3.8) is 0 Å². The summed E-state index contributed by atoms with van der Waals surface area (Å²) in [6.07, 6.45) is -0.137. The second kappa shape index (κ2) is 9.90. The van der Waals surface area contributed by atoms with Crippen LogP contribution in [-0.4, -0.2) is 31.3 Å². The van der Waals surface area contributed by atoms with Crippen molar-refractivity contribution in [3.05, 3.63) is 108 Å². The third-order valence-corrected chi connectivity index (χ3v) is 7.68. The Morgan fingerprint density at radius 1 is 0.771 bits per heavy atom. The molecule has 0 saturated carbocycles. The zero-order valence-corrected chi connectivity index (χ0v) is 19.4. The first-order valence-electron chi connectivity index (χ1n) is 10.8. The van der Waals surface area contributed by atoms with E-state index in [4.69, 9.17) is 5.73 Å². The lowest BCUT2D eigenvalue weighted by Gasteiger charge is -2.16. The van der Waals surface area contributed by atoms with E-state index in [0.29, 0.717) is 11.3 Å². The highest BCUT2D eigenvalue weighted by Crippen LogP contribution is 2.24. The van der Waals surface area contributed by atoms with Gasteiger partial charge in [-0.2, -0.15) is 0 Å². The molecule has 0 fully saturated rings. The molecule has 1 atom stereocenters. The highest BCUT2D eigenvalue weighted by atomic mass is 32.2. The second-order valence-corrected chi connectivity index (χ2v) is 10.1. The zero-order chi connectivity index (χ0) is 25.0. The van der Waals surface area contributed by atoms with Crippen LogP contribution in [0.4, 0.5) is 5.69 Å². The molecule has 0 bridgehead atoms. The number of amides is 2. The first-order valence-corrected chi connectivity index (χ1v) is 12.3. The van der Waals surface area contributed by atoms with E-state index in [1.165, 1.54) is 24.3 Å². The van der Waals surface area contributed by atoms with Gasteiger partial charge in [-0.05, 0) is 47.0 Å². The molecule has 0 radical (unpaired) electrons. The number of sulfone groups is 1. The van der Waals surface area contributed by atoms with Crippen LogP contribution in [0.15, 0.2) is 102 Å². The van der Waals surface area contributed by atoms with Crippen molar-refractivity contribution in [1.29, 1.82) is 0 Å². The van der Waals surface area contributed by atoms with Crippen LogP contribution in [0.25, 0.3) is 10.8 Å². The molecule has 0 aromatic heterocycles. The first-order chi connectivity index (χ1) is 16.8. The van der Waals surface area contributed by atoms with Gasteiger partial charge in [0, 0.05) is 11.3 Å². The number of hydrogen-bond donors (Lipinski definition) is 2. The van der Waals surface area contributed by atoms with Gasteiger partial charge in [-0.3, -0.25) is 14.4 Å². The third kappa shape index (κ3) is 5.28. The molecule has 0 aliphatic heterocycles. The van der Waals surface area contributed by atoms with Crippen LogP contribution in [0.3, 0.4) is 0 Å². The fourth-order valence-corrected chi connectivity index (χ4v) is 5.31. The topological polar surface area (TPSA) is 123 Å². The van der Waals surface area contributed by atoms with Crippen LogP contribution in [0, 0.1) is 0 Å². The van der Waals surface area contributed by atoms with E-state index in [-0.39, 0.29) is 16.9 Å². The number of benzene rings is 4. The highest BCUT2D eigenvalue weighted by molar-refractivity contribution is 7.92. The van der Waals surface area contributed by atoms with E-state index < -0.39 is 32.7 Å². The number of ketones is 1. The maximum atomic E-state index is 13.2. The van der Waals surface area contributed by atoms with Crippen LogP contribution in [0.2, 0.25) is 0 Å². The summed E-state index contributed by atoms with van der Waals surface area (Å²) in [5.41, 5.74) is 6.65. The van der Waals surface area contributed by atoms with Gasteiger partial charge in [0.1, 0.15) is 5.25 Å². The first kappa shape index (κ1) is 23.8. The number of Topliss-reactive ketones (excluding diaryl/α,β-unsaturated/α-hetero) is 1. The zero-order valence-electron chi connectivity index (χ0n) is 18.5. The number of hydrogen-bond acceptors (Lipinski definition) is 5. The van der Waals surface area contributed by atoms with E-state index in [9.17, 15) is 22.8 Å². The average Bonchev–Trinajstić information content (AvgIpc) is 2.87. The number of primary amides is 1. The maximum absolute atomic E-state index is 13.2. The Morgan fingerprint density at radius 2 is 1.40 bits per heavy atom. The predicted octanol–water partition coefficient (Wildman–Crippen LogP) is 3.53. The van der Waals surface area contributed by atoms with Crippen molar-refractivity contribution in [1.82, 2.24) is 0 Å². The highest BCUT2D eigenvalue weighted by Gasteiger charge is 2.32. The number of carbonyl (C=O) groups is 3. The van der Waals surface area contributed by atoms with Gasteiger partial charge in [-0.25, -0.2) is 8.42 Å². The van der Waals surface area contributed by atoms with Crippen LogP contribution >= 0.6 is 0 Å². The van der Waals surface area contributed by atoms with E-state index >= 15 is 0 Å². The number of rotatable bonds is 8. The molecule has 2 amide bonds. The van der Waals surface area contributed by atoms with Crippen molar-refractivity contribution < 1.29 is 22.8 Å². The van der Waals surface area contributed by atoms with Gasteiger partial charge in [-0.15, -0.1) is 0 Å². The van der Waals surface area contributed by atoms with E-state index in [2.05, 4.69) is 5.32 Å². The molecule has 0 saturated heterocycles. The van der Waals surface area contributed by atoms with Gasteiger partial charge in [0.05, 0.1) is 4.90 Å². The summed E-state index contributed by atoms with van der Waals surface area (Å²) in [5, 5.41) is 2.67. The molecule has 0 aliphatic rings. The summed E-state index contributed by atoms with van der Waals surface area (Å²) in [7, 11) is -4.05. The second-order valence-electron chi connectivity index (χ2n) is 8.00. The molecule has 7 nitrogen and oxygen atoms in total. The Labute approximate surface area is 202 Å². The van der Waals surface area contributed by atoms with Crippen LogP contribution in [-0.2, 0) is 25.8 Å². The Kier molecular flexibility index (Phi) is 6.75. The fourth-order valence-electron chi connectivity index (χ4n) is 3.72. The van der Waals surface area contributed by atoms with Crippen molar-refractivity contribution in [2.45, 2.75) is 16.6 Å². The summed E-state index contributed by atoms with van der Waals surface area (Å²) < 4.78 is 26.5. The largest absolute Gasteiger partial charge is 0.369 e. The SMILES string of the molecule is NC(=O)C(Cc1ccc(NC(=O)C(=O)c2ccccc2)cc1)S(=O)(=O)c1ccc2ccccc2c1. The molecule has 0 spiro atoms. The van der Waals surface area contributed by atoms with Gasteiger partial charge >= 0.3 is 0 Å². The smallest absolute Gasteiger partial charge is 0.296 e. The molecule has 35 heavy (non-hydrogen) atoms. The predicted molar refractivity (Wildman–Crippen MR) is 134 cm³/mol. The van der Waals surface area contributed by atoms with Gasteiger partial charge in [0.15, 0.2) is 9.84 Å². The van der Waals surface area contributed by atoms with Gasteiger partial charge in [0.25, 0.3) is 11.7 Å². The number of anilines is 1. The molecule has 4 aromatic rings. The monoisotopic (exact) mass is 486 g/mol. The van der Waals surface area contributed by atoms with E-state index in [0.717, 1.165) is 10.8 Å². The van der Waals surface area contributed by atoms with Crippen molar-refractivity contribution in [2.24, 2.45) is 5.73 Å². The quantitative estimate of drug-likeness (QED) is 0.291. The Morgan fingerprint density at radius 3 is 2.06 bits per heavy atom. The fraction of sp³-hybridized carbons (Fsp3) is 0.0741. The number of fused-ring (bicyclic) bond motifs is 1. The summed E-state index contributed by atoms with van der Waals surface area (Å²) in [5.74, 6) is -2.42. The molecule has 0 aliphatic carbocycles. The number of carbonyl (C=O) groups excluding carboxylic acids is 3. The minimum absolute atomic E-state index is 0.0170. The molecule has 4 aromatic carbocycles. The van der Waals surface area contributed by atoms with Gasteiger partial charge in [0.2, 0.25) is 5.91 Å². The minimum atomic E-state index is -4.05. The van der Waals surface area contributed by atoms with Crippen molar-refractivity contribution in [2.75, 3.05) is 5.32 Å². The Balaban J connectivity index is 1.50. The van der Waals surface area contributed by atoms with Crippen LogP contribution in [0.1, 0.15) is 15.9 Å². The molecular weight excluding hydrogens is 464 g/mol. The molecule has 176 valence electrons. The van der Waals surface area contributed by atoms with E-state index in [1.807, 2.05) is 12.1 Å². The average molecular weight is 487 g/mol. The lowest BCUT2D eigenvalue weighted by molar-refractivity contribution is -0.117. The van der Waals surface area contributed by atoms with Crippen LogP contribution in [0.5, 0.6) is 0 Å². The molecule has 3 N–H and O–H groups in total. The number of nitrogens with one attached hydrogen (secondary N) is 1. The summed E-state index contributed by atoms with van der Waals surface area (Å²) in [6.45, 7) is 0. The third-order valence-electron chi connectivity index (χ3n) is 5.62. The Bertz CT molecular complexity index is 1510. The summed E-state index contributed by atoms with van der Waals surface area (Å²) in [4.78, 5) is 36.7. The molecule has 0 heterocycles. The lowest BCUT2D eigenvalue weighted by atomic mass is 10.1. The maximum Gasteiger partial charge on any atom is 0.296 e. The van der Waals surface area contributed by atoms with Crippen LogP contribution < -0.4 is 11.1 Å². The molecular formula is C27H22N2O5S. The van der Waals surface area contributed by atoms with Crippen molar-refractivity contribution >= 4 is 43.9 Å². The summed E-state index contributed by atoms with van der Waals surface area (Å²) in [6, 6.07) is 26.4. The summed E-state index contributed by atoms with van der Waals surface area (Å²) >= 11 is 0.